The quantitative estimate of drug-likeness (QED) is 0.225. The third kappa shape index (κ3) is 8.11. The molecule has 1 heterocycles. The Morgan fingerprint density at radius 1 is 0.966 bits per heavy atom. The number of benzene rings is 1. The second-order valence-corrected chi connectivity index (χ2v) is 9.83. The molecule has 0 aliphatic carbocycles. The predicted octanol–water partition coefficient (Wildman–Crippen LogP) is 3.01. The highest BCUT2D eigenvalue weighted by atomic mass is 32.1. The van der Waals surface area contributed by atoms with Gasteiger partial charge in [-0.05, 0) is 57.6 Å². The third-order valence-corrected chi connectivity index (χ3v) is 8.03. The molecule has 0 radical (unpaired) electrons. The summed E-state index contributed by atoms with van der Waals surface area (Å²) in [6.07, 6.45) is 0.869. The average molecular weight is 458 g/mol. The highest BCUT2D eigenvalue weighted by Gasteiger charge is 2.39. The van der Waals surface area contributed by atoms with Crippen molar-refractivity contribution in [3.8, 4) is 0 Å². The lowest BCUT2D eigenvalue weighted by atomic mass is 10.3. The van der Waals surface area contributed by atoms with E-state index in [0.29, 0.717) is 31.5 Å². The Bertz CT molecular complexity index is 732. The van der Waals surface area contributed by atoms with Crippen molar-refractivity contribution in [2.75, 3.05) is 44.8 Å². The van der Waals surface area contributed by atoms with E-state index in [1.54, 1.807) is 0 Å². The van der Waals surface area contributed by atoms with Gasteiger partial charge < -0.3 is 29.2 Å². The second-order valence-electron chi connectivity index (χ2n) is 6.16. The maximum Gasteiger partial charge on any atom is 0.500 e. The van der Waals surface area contributed by atoms with Crippen LogP contribution >= 0.6 is 23.9 Å². The van der Waals surface area contributed by atoms with Crippen LogP contribution < -0.4 is 16.0 Å². The minimum atomic E-state index is -2.57. The molecule has 2 rings (SSSR count). The van der Waals surface area contributed by atoms with Gasteiger partial charge in [-0.3, -0.25) is 0 Å². The molecule has 0 saturated heterocycles. The zero-order valence-corrected chi connectivity index (χ0v) is 20.0. The first-order valence-electron chi connectivity index (χ1n) is 10.0. The Balaban J connectivity index is 1.62. The molecule has 1 aromatic heterocycles. The summed E-state index contributed by atoms with van der Waals surface area (Å²) in [4.78, 5) is 0. The molecule has 8 nitrogen and oxygen atoms in total. The number of nitrogens with zero attached hydrogens (tertiary/aromatic N) is 2. The Morgan fingerprint density at radius 3 is 2.31 bits per heavy atom. The van der Waals surface area contributed by atoms with Crippen LogP contribution in [0, 0.1) is 0 Å². The molecule has 0 bridgehead atoms. The number of nitrogens with one attached hydrogen (secondary N) is 3. The monoisotopic (exact) mass is 457 g/mol. The Labute approximate surface area is 183 Å². The zero-order valence-electron chi connectivity index (χ0n) is 17.3. The van der Waals surface area contributed by atoms with Gasteiger partial charge in [-0.2, -0.15) is 8.75 Å². The minimum Gasteiger partial charge on any atom is -0.383 e. The number of fused-ring (bicyclic) bond motifs is 1. The molecule has 0 spiro atoms. The van der Waals surface area contributed by atoms with Crippen molar-refractivity contribution in [2.45, 2.75) is 33.2 Å². The fourth-order valence-corrected chi connectivity index (χ4v) is 6.18. The molecule has 2 aromatic rings. The summed E-state index contributed by atoms with van der Waals surface area (Å²) in [5, 5.41) is 10.4. The molecule has 0 saturated carbocycles. The number of rotatable bonds is 14. The van der Waals surface area contributed by atoms with Crippen LogP contribution in [0.5, 0.6) is 0 Å². The van der Waals surface area contributed by atoms with E-state index < -0.39 is 8.80 Å². The number of aromatic nitrogens is 2. The van der Waals surface area contributed by atoms with E-state index in [1.165, 1.54) is 11.7 Å². The smallest absolute Gasteiger partial charge is 0.383 e. The van der Waals surface area contributed by atoms with E-state index >= 15 is 0 Å². The van der Waals surface area contributed by atoms with Gasteiger partial charge >= 0.3 is 8.80 Å². The van der Waals surface area contributed by atoms with Crippen molar-refractivity contribution < 1.29 is 13.3 Å². The lowest BCUT2D eigenvalue weighted by molar-refractivity contribution is 0.0709. The Kier molecular flexibility index (Phi) is 10.7. The van der Waals surface area contributed by atoms with Gasteiger partial charge in [0.25, 0.3) is 0 Å². The molecular weight excluding hydrogens is 426 g/mol. The molecule has 0 unspecified atom stereocenters. The van der Waals surface area contributed by atoms with Gasteiger partial charge in [0.15, 0.2) is 5.11 Å². The largest absolute Gasteiger partial charge is 0.500 e. The molecule has 0 aliphatic heterocycles. The molecule has 0 fully saturated rings. The average Bonchev–Trinajstić information content (AvgIpc) is 3.17. The van der Waals surface area contributed by atoms with Gasteiger partial charge in [0.05, 0.1) is 11.7 Å². The van der Waals surface area contributed by atoms with Gasteiger partial charge in [-0.15, -0.1) is 0 Å². The summed E-state index contributed by atoms with van der Waals surface area (Å²) in [6, 6.07) is 6.75. The van der Waals surface area contributed by atoms with Crippen LogP contribution in [-0.4, -0.2) is 62.1 Å². The van der Waals surface area contributed by atoms with Crippen molar-refractivity contribution in [1.82, 2.24) is 19.4 Å². The van der Waals surface area contributed by atoms with Crippen LogP contribution in [0.3, 0.4) is 0 Å². The molecule has 0 atom stereocenters. The first-order valence-corrected chi connectivity index (χ1v) is 13.1. The summed E-state index contributed by atoms with van der Waals surface area (Å²) in [6.45, 7) is 9.91. The van der Waals surface area contributed by atoms with Crippen LogP contribution in [0.4, 0.5) is 5.69 Å². The maximum atomic E-state index is 5.86. The van der Waals surface area contributed by atoms with E-state index in [0.717, 1.165) is 42.3 Å². The lowest BCUT2D eigenvalue weighted by Gasteiger charge is -2.28. The van der Waals surface area contributed by atoms with E-state index in [-0.39, 0.29) is 0 Å². The van der Waals surface area contributed by atoms with Crippen molar-refractivity contribution >= 4 is 54.6 Å². The van der Waals surface area contributed by atoms with Gasteiger partial charge in [0.1, 0.15) is 11.0 Å². The van der Waals surface area contributed by atoms with E-state index in [4.69, 9.17) is 25.5 Å². The normalized spacial score (nSPS) is 11.6. The Morgan fingerprint density at radius 2 is 1.62 bits per heavy atom. The second kappa shape index (κ2) is 13.0. The van der Waals surface area contributed by atoms with Gasteiger partial charge in [0.2, 0.25) is 0 Å². The molecule has 3 N–H and O–H groups in total. The van der Waals surface area contributed by atoms with Crippen LogP contribution in [0.15, 0.2) is 18.2 Å². The van der Waals surface area contributed by atoms with Crippen molar-refractivity contribution in [1.29, 1.82) is 0 Å². The topological polar surface area (TPSA) is 89.6 Å². The molecule has 0 amide bonds. The molecule has 29 heavy (non-hydrogen) atoms. The predicted molar refractivity (Wildman–Crippen MR) is 125 cm³/mol. The fraction of sp³-hybridized carbons (Fsp3) is 0.611. The van der Waals surface area contributed by atoms with Gasteiger partial charge in [-0.25, -0.2) is 0 Å². The first kappa shape index (κ1) is 23.9. The number of thiocarbonyl (C=S) groups is 1. The van der Waals surface area contributed by atoms with Crippen LogP contribution in [0.25, 0.3) is 11.0 Å². The van der Waals surface area contributed by atoms with Crippen molar-refractivity contribution in [3.63, 3.8) is 0 Å². The number of anilines is 1. The first-order chi connectivity index (χ1) is 14.1. The maximum absolute atomic E-state index is 5.86. The summed E-state index contributed by atoms with van der Waals surface area (Å²) in [5.74, 6) is 0. The SMILES string of the molecule is CCO[Si](CCCNC(=S)NCCNc1ccc2nsnc2c1)(OCC)OCC. The third-order valence-electron chi connectivity index (χ3n) is 4.03. The molecule has 162 valence electrons. The Hall–Kier alpha value is -1.37. The van der Waals surface area contributed by atoms with Crippen LogP contribution in [0.2, 0.25) is 6.04 Å². The van der Waals surface area contributed by atoms with E-state index in [1.807, 2.05) is 39.0 Å². The van der Waals surface area contributed by atoms with Crippen LogP contribution in [0.1, 0.15) is 27.2 Å². The van der Waals surface area contributed by atoms with Gasteiger partial charge in [0, 0.05) is 51.2 Å². The molecular formula is C18H31N5O3S2Si. The summed E-state index contributed by atoms with van der Waals surface area (Å²) in [5.41, 5.74) is 2.86. The van der Waals surface area contributed by atoms with Crippen molar-refractivity contribution in [2.24, 2.45) is 0 Å². The lowest BCUT2D eigenvalue weighted by Crippen LogP contribution is -2.46. The summed E-state index contributed by atoms with van der Waals surface area (Å²) in [7, 11) is -2.57. The highest BCUT2D eigenvalue weighted by molar-refractivity contribution is 7.80. The molecule has 11 heteroatoms. The summed E-state index contributed by atoms with van der Waals surface area (Å²) >= 11 is 6.57. The molecule has 1 aromatic carbocycles. The zero-order chi connectivity index (χ0) is 21.0. The summed E-state index contributed by atoms with van der Waals surface area (Å²) < 4.78 is 26.0. The van der Waals surface area contributed by atoms with Gasteiger partial charge in [-0.1, -0.05) is 0 Å². The van der Waals surface area contributed by atoms with Crippen LogP contribution in [-0.2, 0) is 13.3 Å². The fourth-order valence-electron chi connectivity index (χ4n) is 2.85. The van der Waals surface area contributed by atoms with Crippen molar-refractivity contribution in [3.05, 3.63) is 18.2 Å². The minimum absolute atomic E-state index is 0.596. The molecule has 0 aliphatic rings. The standard InChI is InChI=1S/C18H31N5O3S2Si/c1-4-24-29(25-5-2,26-6-3)13-7-10-20-18(27)21-12-11-19-15-8-9-16-17(14-15)23-28-22-16/h8-9,14,19H,4-7,10-13H2,1-3H3,(H2,20,21,27). The van der Waals surface area contributed by atoms with E-state index in [2.05, 4.69) is 24.7 Å². The number of hydrogen-bond acceptors (Lipinski definition) is 8. The number of hydrogen-bond donors (Lipinski definition) is 3. The highest BCUT2D eigenvalue weighted by Crippen LogP contribution is 2.18. The van der Waals surface area contributed by atoms with E-state index in [9.17, 15) is 0 Å².